The molecule has 0 atom stereocenters. The van der Waals surface area contributed by atoms with Crippen LogP contribution in [0.2, 0.25) is 0 Å². The van der Waals surface area contributed by atoms with Crippen LogP contribution in [0.1, 0.15) is 40.0 Å². The maximum atomic E-state index is 3.81. The van der Waals surface area contributed by atoms with Crippen LogP contribution in [0.4, 0.5) is 0 Å². The molecular formula is C14H30N2. The molecule has 0 aliphatic rings. The maximum absolute atomic E-state index is 3.81. The molecule has 0 aliphatic carbocycles. The van der Waals surface area contributed by atoms with Crippen molar-refractivity contribution in [2.24, 2.45) is 5.92 Å². The van der Waals surface area contributed by atoms with Crippen molar-refractivity contribution in [2.45, 2.75) is 40.0 Å². The summed E-state index contributed by atoms with van der Waals surface area (Å²) in [6.07, 6.45) is 5.81. The smallest absolute Gasteiger partial charge is 0.0160 e. The number of hydrogen-bond acceptors (Lipinski definition) is 2. The molecule has 0 fully saturated rings. The Bertz CT molecular complexity index is 155. The summed E-state index contributed by atoms with van der Waals surface area (Å²) in [5.74, 6) is 0.761. The zero-order chi connectivity index (χ0) is 12.2. The average Bonchev–Trinajstić information content (AvgIpc) is 2.23. The second-order valence-corrected chi connectivity index (χ2v) is 4.89. The lowest BCUT2D eigenvalue weighted by atomic mass is 10.2. The summed E-state index contributed by atoms with van der Waals surface area (Å²) in [4.78, 5) is 2.48. The number of rotatable bonds is 11. The normalized spacial score (nSPS) is 11.3. The highest BCUT2D eigenvalue weighted by atomic mass is 15.1. The number of unbranched alkanes of at least 4 members (excludes halogenated alkanes) is 1. The molecule has 0 bridgehead atoms. The molecule has 0 spiro atoms. The van der Waals surface area contributed by atoms with Crippen molar-refractivity contribution in [1.82, 2.24) is 10.2 Å². The Morgan fingerprint density at radius 1 is 1.25 bits per heavy atom. The van der Waals surface area contributed by atoms with E-state index in [2.05, 4.69) is 37.6 Å². The van der Waals surface area contributed by atoms with Crippen molar-refractivity contribution in [2.75, 3.05) is 32.7 Å². The molecule has 0 aliphatic heterocycles. The Kier molecular flexibility index (Phi) is 10.9. The van der Waals surface area contributed by atoms with Crippen LogP contribution < -0.4 is 5.32 Å². The van der Waals surface area contributed by atoms with Crippen molar-refractivity contribution in [1.29, 1.82) is 0 Å². The van der Waals surface area contributed by atoms with E-state index in [-0.39, 0.29) is 0 Å². The van der Waals surface area contributed by atoms with Crippen molar-refractivity contribution in [3.05, 3.63) is 12.7 Å². The third-order valence-electron chi connectivity index (χ3n) is 2.56. The summed E-state index contributed by atoms with van der Waals surface area (Å²) < 4.78 is 0. The van der Waals surface area contributed by atoms with Gasteiger partial charge in [-0.25, -0.2) is 0 Å². The first kappa shape index (κ1) is 15.7. The van der Waals surface area contributed by atoms with E-state index in [1.165, 1.54) is 32.4 Å². The van der Waals surface area contributed by atoms with Gasteiger partial charge < -0.3 is 5.32 Å². The molecule has 0 unspecified atom stereocenters. The fourth-order valence-electron chi connectivity index (χ4n) is 1.77. The lowest BCUT2D eigenvalue weighted by Gasteiger charge is -2.19. The number of nitrogens with one attached hydrogen (secondary N) is 1. The van der Waals surface area contributed by atoms with Crippen molar-refractivity contribution in [3.8, 4) is 0 Å². The van der Waals surface area contributed by atoms with Crippen molar-refractivity contribution >= 4 is 0 Å². The van der Waals surface area contributed by atoms with Crippen LogP contribution in [0.15, 0.2) is 12.7 Å². The van der Waals surface area contributed by atoms with Gasteiger partial charge in [0.1, 0.15) is 0 Å². The van der Waals surface area contributed by atoms with Crippen LogP contribution in [0.25, 0.3) is 0 Å². The second kappa shape index (κ2) is 11.2. The predicted octanol–water partition coefficient (Wildman–Crippen LogP) is 2.91. The van der Waals surface area contributed by atoms with Gasteiger partial charge in [-0.2, -0.15) is 0 Å². The third kappa shape index (κ3) is 10.2. The molecule has 0 saturated carbocycles. The molecule has 2 heteroatoms. The molecule has 96 valence electrons. The number of hydrogen-bond donors (Lipinski definition) is 1. The van der Waals surface area contributed by atoms with E-state index in [1.807, 2.05) is 6.08 Å². The summed E-state index contributed by atoms with van der Waals surface area (Å²) >= 11 is 0. The highest BCUT2D eigenvalue weighted by Crippen LogP contribution is 1.97. The van der Waals surface area contributed by atoms with E-state index in [9.17, 15) is 0 Å². The molecule has 0 heterocycles. The molecule has 2 nitrogen and oxygen atoms in total. The quantitative estimate of drug-likeness (QED) is 0.430. The van der Waals surface area contributed by atoms with E-state index >= 15 is 0 Å². The van der Waals surface area contributed by atoms with Gasteiger partial charge in [-0.15, -0.1) is 6.58 Å². The number of nitrogens with zero attached hydrogens (tertiary/aromatic N) is 1. The molecule has 0 saturated heterocycles. The molecule has 0 aromatic rings. The molecule has 0 aromatic heterocycles. The zero-order valence-electron chi connectivity index (χ0n) is 11.5. The van der Waals surface area contributed by atoms with E-state index in [0.29, 0.717) is 0 Å². The van der Waals surface area contributed by atoms with Crippen LogP contribution in [-0.2, 0) is 0 Å². The van der Waals surface area contributed by atoms with Crippen LogP contribution in [0.3, 0.4) is 0 Å². The predicted molar refractivity (Wildman–Crippen MR) is 73.9 cm³/mol. The lowest BCUT2D eigenvalue weighted by Crippen LogP contribution is -2.27. The van der Waals surface area contributed by atoms with Gasteiger partial charge in [0.05, 0.1) is 0 Å². The summed E-state index contributed by atoms with van der Waals surface area (Å²) in [7, 11) is 0. The van der Waals surface area contributed by atoms with Crippen molar-refractivity contribution in [3.63, 3.8) is 0 Å². The van der Waals surface area contributed by atoms with E-state index in [4.69, 9.17) is 0 Å². The molecular weight excluding hydrogens is 196 g/mol. The highest BCUT2D eigenvalue weighted by molar-refractivity contribution is 4.73. The largest absolute Gasteiger partial charge is 0.316 e. The first-order valence-electron chi connectivity index (χ1n) is 6.74. The Labute approximate surface area is 102 Å². The van der Waals surface area contributed by atoms with Gasteiger partial charge in [-0.3, -0.25) is 4.90 Å². The fraction of sp³-hybridized carbons (Fsp3) is 0.857. The molecule has 0 rings (SSSR count). The van der Waals surface area contributed by atoms with Crippen LogP contribution in [0.5, 0.6) is 0 Å². The summed E-state index contributed by atoms with van der Waals surface area (Å²) in [5, 5.41) is 3.48. The van der Waals surface area contributed by atoms with Gasteiger partial charge in [-0.1, -0.05) is 26.8 Å². The highest BCUT2D eigenvalue weighted by Gasteiger charge is 2.00. The maximum Gasteiger partial charge on any atom is 0.0160 e. The molecule has 1 N–H and O–H groups in total. The Morgan fingerprint density at radius 3 is 2.56 bits per heavy atom. The Morgan fingerprint density at radius 2 is 2.00 bits per heavy atom. The zero-order valence-corrected chi connectivity index (χ0v) is 11.5. The van der Waals surface area contributed by atoms with Gasteiger partial charge in [-0.05, 0) is 51.4 Å². The topological polar surface area (TPSA) is 15.3 Å². The summed E-state index contributed by atoms with van der Waals surface area (Å²) in [6.45, 7) is 16.3. The molecule has 0 amide bonds. The molecule has 16 heavy (non-hydrogen) atoms. The van der Waals surface area contributed by atoms with E-state index in [1.54, 1.807) is 0 Å². The van der Waals surface area contributed by atoms with Crippen LogP contribution in [0, 0.1) is 5.92 Å². The minimum Gasteiger partial charge on any atom is -0.316 e. The fourth-order valence-corrected chi connectivity index (χ4v) is 1.77. The third-order valence-corrected chi connectivity index (χ3v) is 2.56. The first-order valence-corrected chi connectivity index (χ1v) is 6.74. The summed E-state index contributed by atoms with van der Waals surface area (Å²) in [5.41, 5.74) is 0. The van der Waals surface area contributed by atoms with E-state index < -0.39 is 0 Å². The van der Waals surface area contributed by atoms with Gasteiger partial charge in [0.25, 0.3) is 0 Å². The molecule has 0 aromatic carbocycles. The van der Waals surface area contributed by atoms with Crippen LogP contribution >= 0.6 is 0 Å². The van der Waals surface area contributed by atoms with Gasteiger partial charge in [0, 0.05) is 6.54 Å². The lowest BCUT2D eigenvalue weighted by molar-refractivity contribution is 0.295. The minimum atomic E-state index is 0.761. The molecule has 0 radical (unpaired) electrons. The standard InChI is InChI=1S/C14H30N2/c1-5-10-16(11-6-2)12-8-7-9-15-13-14(3)4/h5,14-15H,1,6-13H2,2-4H3. The van der Waals surface area contributed by atoms with Crippen molar-refractivity contribution < 1.29 is 0 Å². The first-order chi connectivity index (χ1) is 7.70. The Balaban J connectivity index is 3.35. The minimum absolute atomic E-state index is 0.761. The van der Waals surface area contributed by atoms with E-state index in [0.717, 1.165) is 25.6 Å². The van der Waals surface area contributed by atoms with Gasteiger partial charge >= 0.3 is 0 Å². The Hall–Kier alpha value is -0.340. The average molecular weight is 226 g/mol. The summed E-state index contributed by atoms with van der Waals surface area (Å²) in [6, 6.07) is 0. The second-order valence-electron chi connectivity index (χ2n) is 4.89. The monoisotopic (exact) mass is 226 g/mol. The van der Waals surface area contributed by atoms with Gasteiger partial charge in [0.15, 0.2) is 0 Å². The van der Waals surface area contributed by atoms with Crippen LogP contribution in [-0.4, -0.2) is 37.6 Å². The van der Waals surface area contributed by atoms with Gasteiger partial charge in [0.2, 0.25) is 0 Å². The SMILES string of the molecule is C=CCN(CCC)CCCCNCC(C)C.